The van der Waals surface area contributed by atoms with E-state index in [4.69, 9.17) is 0 Å². The smallest absolute Gasteiger partial charge is 0.303 e. The Morgan fingerprint density at radius 3 is 2.04 bits per heavy atom. The van der Waals surface area contributed by atoms with E-state index >= 15 is 0 Å². The molecule has 28 heavy (non-hydrogen) atoms. The molecule has 1 fully saturated rings. The third kappa shape index (κ3) is 4.91. The van der Waals surface area contributed by atoms with Crippen molar-refractivity contribution in [3.63, 3.8) is 0 Å². The van der Waals surface area contributed by atoms with Crippen molar-refractivity contribution >= 4 is 9.84 Å². The van der Waals surface area contributed by atoms with Crippen molar-refractivity contribution in [2.75, 3.05) is 19.6 Å². The van der Waals surface area contributed by atoms with Gasteiger partial charge in [0.2, 0.25) is 0 Å². The molecule has 0 radical (unpaired) electrons. The average Bonchev–Trinajstić information content (AvgIpc) is 2.67. The van der Waals surface area contributed by atoms with Crippen LogP contribution < -0.4 is 0 Å². The first-order chi connectivity index (χ1) is 13.2. The van der Waals surface area contributed by atoms with Gasteiger partial charge in [-0.05, 0) is 74.3 Å². The van der Waals surface area contributed by atoms with Gasteiger partial charge in [0.1, 0.15) is 5.82 Å². The Morgan fingerprint density at radius 2 is 1.50 bits per heavy atom. The van der Waals surface area contributed by atoms with Crippen molar-refractivity contribution < 1.29 is 26.0 Å². The van der Waals surface area contributed by atoms with Crippen molar-refractivity contribution in [2.24, 2.45) is 0 Å². The summed E-state index contributed by atoms with van der Waals surface area (Å²) in [6.45, 7) is 1.95. The number of hydrogen-bond donors (Lipinski definition) is 0. The monoisotopic (exact) mass is 415 g/mol. The summed E-state index contributed by atoms with van der Waals surface area (Å²) in [7, 11) is -3.66. The zero-order valence-corrected chi connectivity index (χ0v) is 15.9. The fourth-order valence-electron chi connectivity index (χ4n) is 3.41. The van der Waals surface area contributed by atoms with Gasteiger partial charge in [0, 0.05) is 6.54 Å². The predicted molar refractivity (Wildman–Crippen MR) is 98.2 cm³/mol. The van der Waals surface area contributed by atoms with E-state index in [0.29, 0.717) is 25.9 Å². The summed E-state index contributed by atoms with van der Waals surface area (Å²) < 4.78 is 76.4. The van der Waals surface area contributed by atoms with E-state index in [0.717, 1.165) is 42.8 Å². The Bertz CT molecular complexity index is 885. The van der Waals surface area contributed by atoms with Crippen LogP contribution in [0.5, 0.6) is 0 Å². The number of halogens is 4. The van der Waals surface area contributed by atoms with Crippen LogP contribution in [-0.2, 0) is 22.4 Å². The molecule has 0 unspecified atom stereocenters. The summed E-state index contributed by atoms with van der Waals surface area (Å²) >= 11 is 0. The summed E-state index contributed by atoms with van der Waals surface area (Å²) in [6.07, 6.45) is -2.87. The molecule has 0 bridgehead atoms. The first-order valence-corrected chi connectivity index (χ1v) is 10.6. The van der Waals surface area contributed by atoms with E-state index in [1.807, 2.05) is 0 Å². The lowest BCUT2D eigenvalue weighted by atomic mass is 10.1. The van der Waals surface area contributed by atoms with Crippen LogP contribution in [0.1, 0.15) is 24.0 Å². The van der Waals surface area contributed by atoms with Crippen molar-refractivity contribution in [1.82, 2.24) is 4.90 Å². The highest BCUT2D eigenvalue weighted by molar-refractivity contribution is 7.92. The highest BCUT2D eigenvalue weighted by Crippen LogP contribution is 2.31. The normalized spacial score (nSPS) is 17.0. The number of piperidine rings is 1. The molecule has 2 aromatic carbocycles. The van der Waals surface area contributed by atoms with Gasteiger partial charge in [-0.25, -0.2) is 12.8 Å². The van der Waals surface area contributed by atoms with Crippen LogP contribution in [-0.4, -0.2) is 38.2 Å². The van der Waals surface area contributed by atoms with Gasteiger partial charge in [0.05, 0.1) is 15.7 Å². The molecule has 1 aliphatic rings. The number of hydrogen-bond acceptors (Lipinski definition) is 3. The maximum atomic E-state index is 12.9. The molecule has 152 valence electrons. The first kappa shape index (κ1) is 20.8. The van der Waals surface area contributed by atoms with Crippen LogP contribution in [0.2, 0.25) is 0 Å². The van der Waals surface area contributed by atoms with Gasteiger partial charge in [-0.3, -0.25) is 0 Å². The molecular weight excluding hydrogens is 394 g/mol. The molecule has 3 nitrogen and oxygen atoms in total. The lowest BCUT2D eigenvalue weighted by Gasteiger charge is -2.31. The number of nitrogens with zero attached hydrogens (tertiary/aromatic N) is 1. The summed E-state index contributed by atoms with van der Waals surface area (Å²) in [5.41, 5.74) is 0.156. The van der Waals surface area contributed by atoms with E-state index < -0.39 is 26.8 Å². The predicted octanol–water partition coefficient (Wildman–Crippen LogP) is 4.33. The lowest BCUT2D eigenvalue weighted by molar-refractivity contribution is -0.137. The maximum Gasteiger partial charge on any atom is 0.416 e. The van der Waals surface area contributed by atoms with Crippen molar-refractivity contribution in [2.45, 2.75) is 35.6 Å². The fourth-order valence-corrected chi connectivity index (χ4v) is 5.14. The molecule has 0 saturated carbocycles. The summed E-state index contributed by atoms with van der Waals surface area (Å²) in [5, 5.41) is -0.591. The van der Waals surface area contributed by atoms with Gasteiger partial charge in [0.25, 0.3) is 0 Å². The quantitative estimate of drug-likeness (QED) is 0.683. The first-order valence-electron chi connectivity index (χ1n) is 9.04. The van der Waals surface area contributed by atoms with Gasteiger partial charge in [-0.15, -0.1) is 0 Å². The molecule has 0 aromatic heterocycles. The molecule has 2 aromatic rings. The zero-order valence-electron chi connectivity index (χ0n) is 15.1. The van der Waals surface area contributed by atoms with Crippen LogP contribution >= 0.6 is 0 Å². The molecule has 8 heteroatoms. The van der Waals surface area contributed by atoms with Crippen molar-refractivity contribution in [1.29, 1.82) is 0 Å². The second-order valence-corrected chi connectivity index (χ2v) is 9.21. The van der Waals surface area contributed by atoms with E-state index in [1.54, 1.807) is 12.1 Å². The molecule has 0 aliphatic carbocycles. The summed E-state index contributed by atoms with van der Waals surface area (Å²) in [6, 6.07) is 10.00. The Hall–Kier alpha value is -1.93. The van der Waals surface area contributed by atoms with Gasteiger partial charge in [-0.2, -0.15) is 13.2 Å². The van der Waals surface area contributed by atoms with Crippen molar-refractivity contribution in [3.8, 4) is 0 Å². The molecule has 0 N–H and O–H groups in total. The minimum absolute atomic E-state index is 0.0646. The molecule has 0 spiro atoms. The largest absolute Gasteiger partial charge is 0.416 e. The minimum Gasteiger partial charge on any atom is -0.303 e. The Kier molecular flexibility index (Phi) is 6.09. The van der Waals surface area contributed by atoms with Crippen LogP contribution in [0, 0.1) is 5.82 Å². The molecule has 1 saturated heterocycles. The Morgan fingerprint density at radius 1 is 0.929 bits per heavy atom. The number of likely N-dealkylation sites (tertiary alicyclic amines) is 1. The van der Waals surface area contributed by atoms with Crippen LogP contribution in [0.15, 0.2) is 53.4 Å². The summed E-state index contributed by atoms with van der Waals surface area (Å²) in [5.74, 6) is -0.280. The van der Waals surface area contributed by atoms with Gasteiger partial charge >= 0.3 is 6.18 Å². The standard InChI is InChI=1S/C20H21F4NO2S/c21-17-5-1-15(2-6-17)9-12-25-13-10-19(11-14-25)28(26,27)18-7-3-16(4-8-18)20(22,23)24/h1-8,19H,9-14H2. The third-order valence-corrected chi connectivity index (χ3v) is 7.39. The van der Waals surface area contributed by atoms with Crippen LogP contribution in [0.4, 0.5) is 17.6 Å². The van der Waals surface area contributed by atoms with Gasteiger partial charge in [-0.1, -0.05) is 12.1 Å². The van der Waals surface area contributed by atoms with Crippen molar-refractivity contribution in [3.05, 3.63) is 65.5 Å². The average molecular weight is 415 g/mol. The molecule has 1 aliphatic heterocycles. The summed E-state index contributed by atoms with van der Waals surface area (Å²) in [4.78, 5) is 2.09. The van der Waals surface area contributed by atoms with Crippen LogP contribution in [0.25, 0.3) is 0 Å². The number of alkyl halides is 3. The Labute approximate surface area is 161 Å². The SMILES string of the molecule is O=S(=O)(c1ccc(C(F)(F)F)cc1)C1CCN(CCc2ccc(F)cc2)CC1. The van der Waals surface area contributed by atoms with E-state index in [1.165, 1.54) is 12.1 Å². The minimum atomic E-state index is -4.49. The van der Waals surface area contributed by atoms with Crippen LogP contribution in [0.3, 0.4) is 0 Å². The topological polar surface area (TPSA) is 37.4 Å². The number of rotatable bonds is 5. The van der Waals surface area contributed by atoms with E-state index in [9.17, 15) is 26.0 Å². The second kappa shape index (κ2) is 8.21. The number of benzene rings is 2. The second-order valence-electron chi connectivity index (χ2n) is 6.98. The highest BCUT2D eigenvalue weighted by atomic mass is 32.2. The fraction of sp³-hybridized carbons (Fsp3) is 0.400. The molecule has 3 rings (SSSR count). The molecule has 0 amide bonds. The number of sulfone groups is 1. The molecule has 1 heterocycles. The van der Waals surface area contributed by atoms with E-state index in [2.05, 4.69) is 4.90 Å². The van der Waals surface area contributed by atoms with Gasteiger partial charge in [0.15, 0.2) is 9.84 Å². The maximum absolute atomic E-state index is 12.9. The highest BCUT2D eigenvalue weighted by Gasteiger charge is 2.33. The molecule has 0 atom stereocenters. The third-order valence-electron chi connectivity index (χ3n) is 5.11. The zero-order chi connectivity index (χ0) is 20.4. The molecular formula is C20H21F4NO2S. The lowest BCUT2D eigenvalue weighted by Crippen LogP contribution is -2.40. The Balaban J connectivity index is 1.56. The van der Waals surface area contributed by atoms with Gasteiger partial charge < -0.3 is 4.90 Å². The van der Waals surface area contributed by atoms with E-state index in [-0.39, 0.29) is 10.7 Å².